The van der Waals surface area contributed by atoms with Crippen molar-refractivity contribution in [3.8, 4) is 0 Å². The average Bonchev–Trinajstić information content (AvgIpc) is 2.71. The first kappa shape index (κ1) is 14.7. The van der Waals surface area contributed by atoms with Crippen molar-refractivity contribution < 1.29 is 8.78 Å². The monoisotopic (exact) mass is 279 g/mol. The van der Waals surface area contributed by atoms with E-state index in [1.165, 1.54) is 18.2 Å². The van der Waals surface area contributed by atoms with Crippen molar-refractivity contribution in [3.05, 3.63) is 52.3 Å². The molecule has 1 aromatic carbocycles. The average molecular weight is 279 g/mol. The normalized spacial score (nSPS) is 12.7. The number of benzene rings is 1. The Labute approximate surface area is 117 Å². The Morgan fingerprint density at radius 2 is 1.85 bits per heavy atom. The molecule has 2 N–H and O–H groups in total. The largest absolute Gasteiger partial charge is 0.310 e. The lowest BCUT2D eigenvalue weighted by Gasteiger charge is -2.15. The van der Waals surface area contributed by atoms with Gasteiger partial charge in [0.2, 0.25) is 0 Å². The van der Waals surface area contributed by atoms with Gasteiger partial charge >= 0.3 is 0 Å². The number of hydrogen-bond donors (Lipinski definition) is 2. The van der Waals surface area contributed by atoms with Gasteiger partial charge in [-0.1, -0.05) is 6.07 Å². The van der Waals surface area contributed by atoms with Crippen molar-refractivity contribution in [1.29, 1.82) is 0 Å². The Hall–Kier alpha value is -1.75. The van der Waals surface area contributed by atoms with Gasteiger partial charge in [0, 0.05) is 29.4 Å². The van der Waals surface area contributed by atoms with Crippen molar-refractivity contribution in [1.82, 2.24) is 15.5 Å². The van der Waals surface area contributed by atoms with E-state index in [0.29, 0.717) is 13.0 Å². The molecule has 0 aliphatic rings. The van der Waals surface area contributed by atoms with Gasteiger partial charge in [0.15, 0.2) is 0 Å². The smallest absolute Gasteiger partial charge is 0.129 e. The van der Waals surface area contributed by atoms with Crippen molar-refractivity contribution >= 4 is 0 Å². The van der Waals surface area contributed by atoms with Crippen LogP contribution in [0.1, 0.15) is 29.4 Å². The summed E-state index contributed by atoms with van der Waals surface area (Å²) in [6, 6.07) is 3.92. The van der Waals surface area contributed by atoms with Crippen LogP contribution in [0.25, 0.3) is 0 Å². The molecule has 0 aliphatic heterocycles. The van der Waals surface area contributed by atoms with Gasteiger partial charge in [-0.3, -0.25) is 5.10 Å². The van der Waals surface area contributed by atoms with Crippen molar-refractivity contribution in [2.45, 2.75) is 39.8 Å². The van der Waals surface area contributed by atoms with Crippen molar-refractivity contribution in [2.24, 2.45) is 0 Å². The van der Waals surface area contributed by atoms with Crippen LogP contribution in [0.3, 0.4) is 0 Å². The van der Waals surface area contributed by atoms with Gasteiger partial charge in [0.1, 0.15) is 11.6 Å². The van der Waals surface area contributed by atoms with Gasteiger partial charge in [-0.15, -0.1) is 0 Å². The Balaban J connectivity index is 1.98. The molecule has 1 heterocycles. The van der Waals surface area contributed by atoms with E-state index in [0.717, 1.165) is 17.0 Å². The number of rotatable bonds is 5. The zero-order valence-electron chi connectivity index (χ0n) is 11.9. The summed E-state index contributed by atoms with van der Waals surface area (Å²) in [5.41, 5.74) is 3.19. The summed E-state index contributed by atoms with van der Waals surface area (Å²) >= 11 is 0. The summed E-state index contributed by atoms with van der Waals surface area (Å²) in [4.78, 5) is 0. The van der Waals surface area contributed by atoms with Crippen molar-refractivity contribution in [2.75, 3.05) is 0 Å². The fourth-order valence-electron chi connectivity index (χ4n) is 2.22. The Morgan fingerprint density at radius 3 is 2.40 bits per heavy atom. The Kier molecular flexibility index (Phi) is 4.49. The Bertz CT molecular complexity index is 553. The molecule has 0 amide bonds. The molecule has 0 aliphatic carbocycles. The zero-order valence-corrected chi connectivity index (χ0v) is 11.9. The lowest BCUT2D eigenvalue weighted by atomic mass is 10.1. The highest BCUT2D eigenvalue weighted by atomic mass is 19.1. The summed E-state index contributed by atoms with van der Waals surface area (Å²) < 4.78 is 27.1. The van der Waals surface area contributed by atoms with E-state index in [9.17, 15) is 8.78 Å². The summed E-state index contributed by atoms with van der Waals surface area (Å²) in [6.07, 6.45) is 0.314. The summed E-state index contributed by atoms with van der Waals surface area (Å²) in [6.45, 7) is 6.43. The predicted molar refractivity (Wildman–Crippen MR) is 74.4 cm³/mol. The second-order valence-electron chi connectivity index (χ2n) is 5.10. The molecule has 0 bridgehead atoms. The predicted octanol–water partition coefficient (Wildman–Crippen LogP) is 3.03. The maximum Gasteiger partial charge on any atom is 0.129 e. The van der Waals surface area contributed by atoms with Crippen LogP contribution in [0.2, 0.25) is 0 Å². The molecule has 5 heteroatoms. The summed E-state index contributed by atoms with van der Waals surface area (Å²) in [7, 11) is 0. The topological polar surface area (TPSA) is 40.7 Å². The molecule has 1 aromatic heterocycles. The molecular formula is C15H19F2N3. The molecule has 1 atom stereocenters. The van der Waals surface area contributed by atoms with Crippen LogP contribution in [0.15, 0.2) is 18.2 Å². The van der Waals surface area contributed by atoms with Gasteiger partial charge in [0.05, 0.1) is 5.69 Å². The molecule has 0 saturated carbocycles. The molecule has 20 heavy (non-hydrogen) atoms. The first-order valence-corrected chi connectivity index (χ1v) is 6.65. The SMILES string of the molecule is Cc1n[nH]c(C)c1CNC(C)Cc1c(F)cccc1F. The van der Waals surface area contributed by atoms with Crippen LogP contribution in [0.4, 0.5) is 8.78 Å². The zero-order chi connectivity index (χ0) is 14.7. The van der Waals surface area contributed by atoms with Gasteiger partial charge in [0.25, 0.3) is 0 Å². The number of nitrogens with one attached hydrogen (secondary N) is 2. The molecule has 3 nitrogen and oxygen atoms in total. The molecule has 0 spiro atoms. The minimum Gasteiger partial charge on any atom is -0.310 e. The minimum atomic E-state index is -0.491. The highest BCUT2D eigenvalue weighted by Gasteiger charge is 2.13. The van der Waals surface area contributed by atoms with E-state index in [1.54, 1.807) is 0 Å². The lowest BCUT2D eigenvalue weighted by molar-refractivity contribution is 0.498. The van der Waals surface area contributed by atoms with Crippen molar-refractivity contribution in [3.63, 3.8) is 0 Å². The molecule has 0 saturated heterocycles. The van der Waals surface area contributed by atoms with Crippen LogP contribution < -0.4 is 5.32 Å². The van der Waals surface area contributed by atoms with E-state index < -0.39 is 11.6 Å². The highest BCUT2D eigenvalue weighted by molar-refractivity contribution is 5.23. The van der Waals surface area contributed by atoms with Gasteiger partial charge in [-0.05, 0) is 39.3 Å². The standard InChI is InChI=1S/C15H19F2N3/c1-9(7-12-14(16)5-4-6-15(12)17)18-8-13-10(2)19-20-11(13)3/h4-6,9,18H,7-8H2,1-3H3,(H,19,20). The molecular weight excluding hydrogens is 260 g/mol. The van der Waals surface area contributed by atoms with Crippen LogP contribution in [-0.2, 0) is 13.0 Å². The molecule has 1 unspecified atom stereocenters. The third-order valence-corrected chi connectivity index (χ3v) is 3.48. The number of halogens is 2. The molecule has 0 fully saturated rings. The Morgan fingerprint density at radius 1 is 1.20 bits per heavy atom. The van der Waals surface area contributed by atoms with E-state index in [2.05, 4.69) is 15.5 Å². The third-order valence-electron chi connectivity index (χ3n) is 3.48. The van der Waals surface area contributed by atoms with Gasteiger partial charge in [-0.2, -0.15) is 5.10 Å². The second-order valence-corrected chi connectivity index (χ2v) is 5.10. The first-order valence-electron chi connectivity index (χ1n) is 6.65. The first-order chi connectivity index (χ1) is 9.49. The fourth-order valence-corrected chi connectivity index (χ4v) is 2.22. The van der Waals surface area contributed by atoms with Gasteiger partial charge < -0.3 is 5.32 Å². The number of hydrogen-bond acceptors (Lipinski definition) is 2. The van der Waals surface area contributed by atoms with E-state index in [1.807, 2.05) is 20.8 Å². The summed E-state index contributed by atoms with van der Waals surface area (Å²) in [5.74, 6) is -0.983. The maximum atomic E-state index is 13.6. The van der Waals surface area contributed by atoms with E-state index in [4.69, 9.17) is 0 Å². The fraction of sp³-hybridized carbons (Fsp3) is 0.400. The quantitative estimate of drug-likeness (QED) is 0.883. The van der Waals surface area contributed by atoms with Crippen LogP contribution in [0, 0.1) is 25.5 Å². The molecule has 2 aromatic rings. The molecule has 2 rings (SSSR count). The third kappa shape index (κ3) is 3.22. The van der Waals surface area contributed by atoms with Gasteiger partial charge in [-0.25, -0.2) is 8.78 Å². The second kappa shape index (κ2) is 6.13. The lowest BCUT2D eigenvalue weighted by Crippen LogP contribution is -2.28. The number of H-pyrrole nitrogens is 1. The van der Waals surface area contributed by atoms with Crippen LogP contribution in [-0.4, -0.2) is 16.2 Å². The number of aryl methyl sites for hydroxylation is 2. The number of aromatic amines is 1. The number of aromatic nitrogens is 2. The van der Waals surface area contributed by atoms with Crippen LogP contribution in [0.5, 0.6) is 0 Å². The molecule has 108 valence electrons. The van der Waals surface area contributed by atoms with E-state index >= 15 is 0 Å². The maximum absolute atomic E-state index is 13.6. The van der Waals surface area contributed by atoms with Crippen LogP contribution >= 0.6 is 0 Å². The molecule has 0 radical (unpaired) electrons. The highest BCUT2D eigenvalue weighted by Crippen LogP contribution is 2.15. The number of nitrogens with zero attached hydrogens (tertiary/aromatic N) is 1. The van der Waals surface area contributed by atoms with E-state index in [-0.39, 0.29) is 11.6 Å². The summed E-state index contributed by atoms with van der Waals surface area (Å²) in [5, 5.41) is 10.3. The minimum absolute atomic E-state index is 0.0323.